The number of amides is 1. The molecule has 0 fully saturated rings. The lowest BCUT2D eigenvalue weighted by Gasteiger charge is -2.23. The molecular weight excluding hydrogens is 392 g/mol. The van der Waals surface area contributed by atoms with Gasteiger partial charge in [0.25, 0.3) is 5.91 Å². The van der Waals surface area contributed by atoms with Crippen LogP contribution in [0.1, 0.15) is 0 Å². The van der Waals surface area contributed by atoms with Crippen LogP contribution in [0, 0.1) is 0 Å². The molecule has 1 amide bonds. The van der Waals surface area contributed by atoms with Crippen molar-refractivity contribution < 1.29 is 14.3 Å². The Bertz CT molecular complexity index is 1010. The Morgan fingerprint density at radius 3 is 2.92 bits per heavy atom. The molecule has 0 N–H and O–H groups in total. The van der Waals surface area contributed by atoms with Crippen molar-refractivity contribution in [3.8, 4) is 11.5 Å². The zero-order chi connectivity index (χ0) is 16.7. The van der Waals surface area contributed by atoms with Crippen LogP contribution in [0.2, 0.25) is 0 Å². The summed E-state index contributed by atoms with van der Waals surface area (Å²) in [6, 6.07) is 13.3. The third-order valence-corrected chi connectivity index (χ3v) is 5.35. The molecule has 1 unspecified atom stereocenters. The van der Waals surface area contributed by atoms with E-state index in [4.69, 9.17) is 9.47 Å². The van der Waals surface area contributed by atoms with Crippen molar-refractivity contribution in [3.05, 3.63) is 51.7 Å². The number of hydrogen-bond donors (Lipinski definition) is 0. The first kappa shape index (κ1) is 15.4. The second kappa shape index (κ2) is 6.07. The molecule has 0 saturated heterocycles. The number of benzene rings is 2. The Morgan fingerprint density at radius 2 is 2.08 bits per heavy atom. The van der Waals surface area contributed by atoms with Crippen molar-refractivity contribution in [3.63, 3.8) is 0 Å². The monoisotopic (exact) mass is 404 g/mol. The molecule has 0 radical (unpaired) electrons. The van der Waals surface area contributed by atoms with Gasteiger partial charge >= 0.3 is 0 Å². The van der Waals surface area contributed by atoms with Gasteiger partial charge in [-0.15, -0.1) is 0 Å². The number of nitrogens with zero attached hydrogens (tertiary/aromatic N) is 2. The van der Waals surface area contributed by atoms with Crippen LogP contribution in [0.4, 0.5) is 0 Å². The second-order valence-corrected chi connectivity index (χ2v) is 7.29. The summed E-state index contributed by atoms with van der Waals surface area (Å²) >= 11 is 4.92. The maximum Gasteiger partial charge on any atom is 0.292 e. The standard InChI is InChI=1S/C17H13BrN2O3S/c1-20-11-7-6-10(18)8-15(11)24-17(20)19-16(21)14-9-22-12-4-2-3-5-13(12)23-14/h2-8,14H,9H2,1H3. The number of carbonyl (C=O) groups excluding carboxylic acids is 1. The van der Waals surface area contributed by atoms with Crippen molar-refractivity contribution in [2.45, 2.75) is 6.10 Å². The van der Waals surface area contributed by atoms with Crippen LogP contribution in [0.5, 0.6) is 11.5 Å². The predicted molar refractivity (Wildman–Crippen MR) is 95.4 cm³/mol. The first-order valence-electron chi connectivity index (χ1n) is 7.34. The smallest absolute Gasteiger partial charge is 0.292 e. The molecule has 3 aromatic rings. The molecule has 7 heteroatoms. The minimum atomic E-state index is -0.725. The lowest BCUT2D eigenvalue weighted by Crippen LogP contribution is -2.36. The number of aryl methyl sites for hydroxylation is 1. The van der Waals surface area contributed by atoms with E-state index < -0.39 is 6.10 Å². The van der Waals surface area contributed by atoms with E-state index in [2.05, 4.69) is 20.9 Å². The minimum Gasteiger partial charge on any atom is -0.485 e. The van der Waals surface area contributed by atoms with Gasteiger partial charge in [0.15, 0.2) is 16.3 Å². The van der Waals surface area contributed by atoms with Crippen molar-refractivity contribution in [2.24, 2.45) is 12.0 Å². The van der Waals surface area contributed by atoms with E-state index in [0.29, 0.717) is 16.3 Å². The molecule has 1 aliphatic heterocycles. The van der Waals surface area contributed by atoms with Gasteiger partial charge in [0.05, 0.1) is 10.2 Å². The number of hydrogen-bond acceptors (Lipinski definition) is 4. The molecule has 1 aliphatic rings. The molecule has 4 rings (SSSR count). The SMILES string of the molecule is Cn1c(=NC(=O)C2COc3ccccc3O2)sc2cc(Br)ccc21. The number of ether oxygens (including phenoxy) is 2. The highest BCUT2D eigenvalue weighted by Gasteiger charge is 2.27. The maximum absolute atomic E-state index is 12.5. The molecule has 1 atom stereocenters. The Morgan fingerprint density at radius 1 is 1.29 bits per heavy atom. The van der Waals surface area contributed by atoms with Crippen LogP contribution in [0.15, 0.2) is 51.9 Å². The highest BCUT2D eigenvalue weighted by atomic mass is 79.9. The summed E-state index contributed by atoms with van der Waals surface area (Å²) in [5.74, 6) is 0.881. The van der Waals surface area contributed by atoms with Crippen LogP contribution in [0.25, 0.3) is 10.2 Å². The summed E-state index contributed by atoms with van der Waals surface area (Å²) in [4.78, 5) is 17.4. The number of thiazole rings is 1. The fraction of sp³-hybridized carbons (Fsp3) is 0.176. The molecule has 24 heavy (non-hydrogen) atoms. The van der Waals surface area contributed by atoms with Crippen molar-refractivity contribution >= 4 is 43.4 Å². The lowest BCUT2D eigenvalue weighted by molar-refractivity contribution is -0.127. The molecule has 0 aliphatic carbocycles. The van der Waals surface area contributed by atoms with Gasteiger partial charge in [-0.1, -0.05) is 39.4 Å². The van der Waals surface area contributed by atoms with E-state index in [9.17, 15) is 4.79 Å². The zero-order valence-corrected chi connectivity index (χ0v) is 15.1. The van der Waals surface area contributed by atoms with Crippen molar-refractivity contribution in [1.29, 1.82) is 0 Å². The van der Waals surface area contributed by atoms with E-state index in [1.165, 1.54) is 11.3 Å². The van der Waals surface area contributed by atoms with Gasteiger partial charge in [0, 0.05) is 11.5 Å². The van der Waals surface area contributed by atoms with Crippen LogP contribution in [-0.4, -0.2) is 23.2 Å². The predicted octanol–water partition coefficient (Wildman–Crippen LogP) is 3.27. The van der Waals surface area contributed by atoms with Crippen LogP contribution in [-0.2, 0) is 11.8 Å². The summed E-state index contributed by atoms with van der Waals surface area (Å²) in [6.07, 6.45) is -0.725. The van der Waals surface area contributed by atoms with Crippen molar-refractivity contribution in [1.82, 2.24) is 4.57 Å². The number of aromatic nitrogens is 1. The number of carbonyl (C=O) groups is 1. The van der Waals surface area contributed by atoms with Gasteiger partial charge in [0.1, 0.15) is 6.61 Å². The number of fused-ring (bicyclic) bond motifs is 2. The summed E-state index contributed by atoms with van der Waals surface area (Å²) < 4.78 is 15.3. The molecule has 0 saturated carbocycles. The molecule has 0 bridgehead atoms. The maximum atomic E-state index is 12.5. The summed E-state index contributed by atoms with van der Waals surface area (Å²) in [5, 5.41) is 0. The van der Waals surface area contributed by atoms with Crippen LogP contribution < -0.4 is 14.3 Å². The number of para-hydroxylation sites is 2. The summed E-state index contributed by atoms with van der Waals surface area (Å²) in [6.45, 7) is 0.166. The normalized spacial score (nSPS) is 17.2. The van der Waals surface area contributed by atoms with Gasteiger partial charge in [0.2, 0.25) is 6.10 Å². The van der Waals surface area contributed by atoms with Crippen LogP contribution in [0.3, 0.4) is 0 Å². The van der Waals surface area contributed by atoms with Gasteiger partial charge in [-0.25, -0.2) is 0 Å². The molecule has 0 spiro atoms. The highest BCUT2D eigenvalue weighted by Crippen LogP contribution is 2.31. The average Bonchev–Trinajstić information content (AvgIpc) is 2.89. The van der Waals surface area contributed by atoms with Gasteiger partial charge in [-0.05, 0) is 30.3 Å². The van der Waals surface area contributed by atoms with Gasteiger partial charge in [-0.2, -0.15) is 4.99 Å². The van der Waals surface area contributed by atoms with E-state index in [1.54, 1.807) is 6.07 Å². The molecular formula is C17H13BrN2O3S. The molecule has 122 valence electrons. The second-order valence-electron chi connectivity index (χ2n) is 5.37. The first-order valence-corrected chi connectivity index (χ1v) is 8.95. The third-order valence-electron chi connectivity index (χ3n) is 3.76. The molecule has 5 nitrogen and oxygen atoms in total. The zero-order valence-electron chi connectivity index (χ0n) is 12.7. The fourth-order valence-corrected chi connectivity index (χ4v) is 4.10. The number of rotatable bonds is 1. The van der Waals surface area contributed by atoms with E-state index in [-0.39, 0.29) is 12.5 Å². The van der Waals surface area contributed by atoms with E-state index >= 15 is 0 Å². The highest BCUT2D eigenvalue weighted by molar-refractivity contribution is 9.10. The Kier molecular flexibility index (Phi) is 3.90. The Balaban J connectivity index is 1.67. The minimum absolute atomic E-state index is 0.166. The van der Waals surface area contributed by atoms with Crippen LogP contribution >= 0.6 is 27.3 Å². The Hall–Kier alpha value is -2.12. The van der Waals surface area contributed by atoms with Crippen molar-refractivity contribution in [2.75, 3.05) is 6.61 Å². The first-order chi connectivity index (χ1) is 11.6. The Labute approximate surface area is 150 Å². The summed E-state index contributed by atoms with van der Waals surface area (Å²) in [5.41, 5.74) is 1.03. The van der Waals surface area contributed by atoms with E-state index in [0.717, 1.165) is 14.7 Å². The fourth-order valence-electron chi connectivity index (χ4n) is 2.52. The largest absolute Gasteiger partial charge is 0.485 e. The summed E-state index contributed by atoms with van der Waals surface area (Å²) in [7, 11) is 1.90. The molecule has 1 aromatic heterocycles. The van der Waals surface area contributed by atoms with Gasteiger partial charge in [-0.3, -0.25) is 4.79 Å². The average molecular weight is 405 g/mol. The number of halogens is 1. The van der Waals surface area contributed by atoms with Gasteiger partial charge < -0.3 is 14.0 Å². The topological polar surface area (TPSA) is 52.8 Å². The molecule has 2 heterocycles. The lowest BCUT2D eigenvalue weighted by atomic mass is 10.2. The quantitative estimate of drug-likeness (QED) is 0.625. The van der Waals surface area contributed by atoms with E-state index in [1.807, 2.05) is 48.0 Å². The third kappa shape index (κ3) is 2.74. The molecule has 2 aromatic carbocycles.